The standard InChI is InChI=1S/C21H26Cl2FNO3/c1-3-26-10-6-9-25-13-15-11-18(23)21(20(12-15)27-4-2)28-14-16-17(22)7-5-8-19(16)24/h5,7-8,11-12,25H,3-4,6,9-10,13-14H2,1-2H3. The fourth-order valence-electron chi connectivity index (χ4n) is 2.62. The highest BCUT2D eigenvalue weighted by molar-refractivity contribution is 6.32. The quantitative estimate of drug-likeness (QED) is 0.444. The summed E-state index contributed by atoms with van der Waals surface area (Å²) in [6.45, 7) is 7.22. The maximum Gasteiger partial charge on any atom is 0.180 e. The first-order valence-corrected chi connectivity index (χ1v) is 10.1. The molecule has 0 bridgehead atoms. The third-order valence-corrected chi connectivity index (χ3v) is 4.60. The zero-order valence-electron chi connectivity index (χ0n) is 16.2. The molecule has 0 saturated carbocycles. The molecule has 7 heteroatoms. The SMILES string of the molecule is CCOCCCNCc1cc(Cl)c(OCc2c(F)cccc2Cl)c(OCC)c1. The molecule has 0 aliphatic rings. The van der Waals surface area contributed by atoms with Crippen LogP contribution in [0.2, 0.25) is 10.0 Å². The molecule has 0 fully saturated rings. The lowest BCUT2D eigenvalue weighted by atomic mass is 10.2. The molecule has 0 amide bonds. The number of rotatable bonds is 12. The van der Waals surface area contributed by atoms with Gasteiger partial charge in [-0.3, -0.25) is 0 Å². The molecule has 1 N–H and O–H groups in total. The summed E-state index contributed by atoms with van der Waals surface area (Å²) in [7, 11) is 0. The van der Waals surface area contributed by atoms with Crippen molar-refractivity contribution in [3.05, 3.63) is 57.3 Å². The molecular formula is C21H26Cl2FNO3. The van der Waals surface area contributed by atoms with Gasteiger partial charge in [-0.15, -0.1) is 0 Å². The minimum Gasteiger partial charge on any atom is -0.490 e. The Morgan fingerprint density at radius 3 is 2.57 bits per heavy atom. The predicted molar refractivity (Wildman–Crippen MR) is 111 cm³/mol. The van der Waals surface area contributed by atoms with Crippen molar-refractivity contribution in [2.75, 3.05) is 26.4 Å². The van der Waals surface area contributed by atoms with Gasteiger partial charge in [0.15, 0.2) is 11.5 Å². The molecule has 2 aromatic carbocycles. The average Bonchev–Trinajstić information content (AvgIpc) is 2.66. The van der Waals surface area contributed by atoms with Crippen LogP contribution in [0.5, 0.6) is 11.5 Å². The maximum absolute atomic E-state index is 14.0. The second kappa shape index (κ2) is 12.1. The molecule has 0 heterocycles. The van der Waals surface area contributed by atoms with E-state index in [9.17, 15) is 4.39 Å². The summed E-state index contributed by atoms with van der Waals surface area (Å²) in [4.78, 5) is 0. The van der Waals surface area contributed by atoms with Crippen LogP contribution in [0, 0.1) is 5.82 Å². The zero-order chi connectivity index (χ0) is 20.4. The number of halogens is 3. The number of nitrogens with one attached hydrogen (secondary N) is 1. The van der Waals surface area contributed by atoms with Crippen molar-refractivity contribution < 1.29 is 18.6 Å². The van der Waals surface area contributed by atoms with Crippen LogP contribution < -0.4 is 14.8 Å². The van der Waals surface area contributed by atoms with Gasteiger partial charge in [-0.2, -0.15) is 0 Å². The molecule has 2 aromatic rings. The van der Waals surface area contributed by atoms with Crippen molar-refractivity contribution in [3.8, 4) is 11.5 Å². The lowest BCUT2D eigenvalue weighted by Crippen LogP contribution is -2.16. The minimum absolute atomic E-state index is 0.0413. The third-order valence-electron chi connectivity index (χ3n) is 3.97. The van der Waals surface area contributed by atoms with Crippen LogP contribution in [0.15, 0.2) is 30.3 Å². The van der Waals surface area contributed by atoms with Gasteiger partial charge in [0.1, 0.15) is 12.4 Å². The summed E-state index contributed by atoms with van der Waals surface area (Å²) < 4.78 is 30.7. The highest BCUT2D eigenvalue weighted by atomic mass is 35.5. The van der Waals surface area contributed by atoms with Gasteiger partial charge in [0.25, 0.3) is 0 Å². The smallest absolute Gasteiger partial charge is 0.180 e. The Balaban J connectivity index is 2.05. The van der Waals surface area contributed by atoms with Crippen molar-refractivity contribution in [1.29, 1.82) is 0 Å². The molecule has 0 atom stereocenters. The van der Waals surface area contributed by atoms with Crippen LogP contribution in [0.25, 0.3) is 0 Å². The van der Waals surface area contributed by atoms with E-state index >= 15 is 0 Å². The van der Waals surface area contributed by atoms with Crippen molar-refractivity contribution in [2.45, 2.75) is 33.4 Å². The normalized spacial score (nSPS) is 10.9. The Morgan fingerprint density at radius 2 is 1.86 bits per heavy atom. The molecule has 0 radical (unpaired) electrons. The molecule has 0 aromatic heterocycles. The highest BCUT2D eigenvalue weighted by Crippen LogP contribution is 2.37. The van der Waals surface area contributed by atoms with Gasteiger partial charge < -0.3 is 19.5 Å². The average molecular weight is 430 g/mol. The predicted octanol–water partition coefficient (Wildman–Crippen LogP) is 5.63. The van der Waals surface area contributed by atoms with Crippen molar-refractivity contribution in [3.63, 3.8) is 0 Å². The number of hydrogen-bond acceptors (Lipinski definition) is 4. The Labute approximate surface area is 175 Å². The van der Waals surface area contributed by atoms with Crippen molar-refractivity contribution in [2.24, 2.45) is 0 Å². The lowest BCUT2D eigenvalue weighted by molar-refractivity contribution is 0.144. The minimum atomic E-state index is -0.422. The Bertz CT molecular complexity index is 738. The van der Waals surface area contributed by atoms with Gasteiger partial charge >= 0.3 is 0 Å². The summed E-state index contributed by atoms with van der Waals surface area (Å²) in [5.41, 5.74) is 1.25. The molecule has 0 saturated heterocycles. The Kier molecular flexibility index (Phi) is 9.85. The molecule has 0 unspecified atom stereocenters. The fraction of sp³-hybridized carbons (Fsp3) is 0.429. The zero-order valence-corrected chi connectivity index (χ0v) is 17.7. The van der Waals surface area contributed by atoms with Crippen molar-refractivity contribution >= 4 is 23.2 Å². The summed E-state index contributed by atoms with van der Waals surface area (Å²) in [5, 5.41) is 4.06. The van der Waals surface area contributed by atoms with Crippen LogP contribution in [0.4, 0.5) is 4.39 Å². The van der Waals surface area contributed by atoms with E-state index in [2.05, 4.69) is 5.32 Å². The molecule has 154 valence electrons. The summed E-state index contributed by atoms with van der Waals surface area (Å²) >= 11 is 12.5. The van der Waals surface area contributed by atoms with E-state index < -0.39 is 5.82 Å². The monoisotopic (exact) mass is 429 g/mol. The largest absolute Gasteiger partial charge is 0.490 e. The van der Waals surface area contributed by atoms with Crippen molar-refractivity contribution in [1.82, 2.24) is 5.32 Å². The van der Waals surface area contributed by atoms with Crippen LogP contribution in [-0.2, 0) is 17.9 Å². The number of ether oxygens (including phenoxy) is 3. The van der Waals surface area contributed by atoms with E-state index in [4.69, 9.17) is 37.4 Å². The van der Waals surface area contributed by atoms with Crippen LogP contribution in [0.3, 0.4) is 0 Å². The van der Waals surface area contributed by atoms with Gasteiger partial charge in [0.05, 0.1) is 16.7 Å². The van der Waals surface area contributed by atoms with Crippen LogP contribution in [0.1, 0.15) is 31.4 Å². The maximum atomic E-state index is 14.0. The topological polar surface area (TPSA) is 39.7 Å². The second-order valence-corrected chi connectivity index (χ2v) is 6.87. The van der Waals surface area contributed by atoms with E-state index in [-0.39, 0.29) is 12.2 Å². The van der Waals surface area contributed by atoms with E-state index in [1.165, 1.54) is 6.07 Å². The first kappa shape index (κ1) is 22.8. The summed E-state index contributed by atoms with van der Waals surface area (Å²) in [5.74, 6) is 0.478. The van der Waals surface area contributed by atoms with Gasteiger partial charge in [0.2, 0.25) is 0 Å². The third kappa shape index (κ3) is 6.82. The van der Waals surface area contributed by atoms with Gasteiger partial charge in [-0.05, 0) is 56.6 Å². The molecule has 4 nitrogen and oxygen atoms in total. The Morgan fingerprint density at radius 1 is 1.04 bits per heavy atom. The van der Waals surface area contributed by atoms with E-state index in [1.807, 2.05) is 26.0 Å². The molecule has 2 rings (SSSR count). The van der Waals surface area contributed by atoms with E-state index in [0.29, 0.717) is 34.7 Å². The number of benzene rings is 2. The van der Waals surface area contributed by atoms with Gasteiger partial charge in [-0.1, -0.05) is 29.3 Å². The summed E-state index contributed by atoms with van der Waals surface area (Å²) in [6, 6.07) is 8.21. The first-order valence-electron chi connectivity index (χ1n) is 9.36. The highest BCUT2D eigenvalue weighted by Gasteiger charge is 2.15. The van der Waals surface area contributed by atoms with E-state index in [1.54, 1.807) is 12.1 Å². The first-order chi connectivity index (χ1) is 13.6. The molecular weight excluding hydrogens is 404 g/mol. The number of hydrogen-bond donors (Lipinski definition) is 1. The Hall–Kier alpha value is -1.53. The fourth-order valence-corrected chi connectivity index (χ4v) is 3.12. The lowest BCUT2D eigenvalue weighted by Gasteiger charge is -2.16. The molecule has 0 spiro atoms. The molecule has 28 heavy (non-hydrogen) atoms. The van der Waals surface area contributed by atoms with Gasteiger partial charge in [-0.25, -0.2) is 4.39 Å². The molecule has 0 aliphatic heterocycles. The van der Waals surface area contributed by atoms with E-state index in [0.717, 1.165) is 31.7 Å². The van der Waals surface area contributed by atoms with Crippen LogP contribution >= 0.6 is 23.2 Å². The molecule has 0 aliphatic carbocycles. The van der Waals surface area contributed by atoms with Crippen LogP contribution in [-0.4, -0.2) is 26.4 Å². The summed E-state index contributed by atoms with van der Waals surface area (Å²) in [6.07, 6.45) is 0.935. The van der Waals surface area contributed by atoms with Gasteiger partial charge in [0, 0.05) is 25.3 Å². The second-order valence-electron chi connectivity index (χ2n) is 6.05.